The van der Waals surface area contributed by atoms with E-state index >= 15 is 0 Å². The summed E-state index contributed by atoms with van der Waals surface area (Å²) >= 11 is 0. The van der Waals surface area contributed by atoms with Crippen LogP contribution >= 0.6 is 0 Å². The summed E-state index contributed by atoms with van der Waals surface area (Å²) in [6.45, 7) is 4.81. The molecule has 0 aliphatic carbocycles. The standard InChI is InChI=1S/C30H24N2Si/c1-33(2)26-19-10-9-18-25(26)27-28(31-29(32-30(27)33)22-14-7-4-8-15-22)24-17-11-16-23(20-24)21-12-5-3-6-13-21/h3-20H,1-2H3. The number of aromatic nitrogens is 2. The van der Waals surface area contributed by atoms with Crippen molar-refractivity contribution >= 4 is 18.6 Å². The van der Waals surface area contributed by atoms with Gasteiger partial charge in [0.15, 0.2) is 5.82 Å². The molecular formula is C30H24N2Si. The summed E-state index contributed by atoms with van der Waals surface area (Å²) in [6.07, 6.45) is 0. The molecule has 6 rings (SSSR count). The molecule has 0 atom stereocenters. The molecule has 158 valence electrons. The molecule has 1 aliphatic rings. The van der Waals surface area contributed by atoms with Crippen LogP contribution in [0.5, 0.6) is 0 Å². The Morgan fingerprint density at radius 2 is 1.15 bits per heavy atom. The summed E-state index contributed by atoms with van der Waals surface area (Å²) in [6, 6.07) is 38.5. The fourth-order valence-electron chi connectivity index (χ4n) is 4.94. The maximum absolute atomic E-state index is 5.21. The average Bonchev–Trinajstić information content (AvgIpc) is 3.12. The largest absolute Gasteiger partial charge is 0.237 e. The van der Waals surface area contributed by atoms with Crippen LogP contribution in [0.1, 0.15) is 0 Å². The van der Waals surface area contributed by atoms with Gasteiger partial charge in [0, 0.05) is 22.0 Å². The number of hydrogen-bond donors (Lipinski definition) is 0. The lowest BCUT2D eigenvalue weighted by molar-refractivity contribution is 1.21. The van der Waals surface area contributed by atoms with Gasteiger partial charge in [-0.1, -0.05) is 116 Å². The Kier molecular flexibility index (Phi) is 4.59. The molecule has 1 aliphatic heterocycles. The second-order valence-corrected chi connectivity index (χ2v) is 13.4. The van der Waals surface area contributed by atoms with Crippen molar-refractivity contribution in [3.63, 3.8) is 0 Å². The molecule has 0 radical (unpaired) electrons. The minimum atomic E-state index is -1.94. The van der Waals surface area contributed by atoms with E-state index in [1.54, 1.807) is 0 Å². The Hall–Kier alpha value is -3.82. The van der Waals surface area contributed by atoms with E-state index in [4.69, 9.17) is 9.97 Å². The molecule has 1 aromatic heterocycles. The van der Waals surface area contributed by atoms with Crippen LogP contribution in [-0.4, -0.2) is 18.0 Å². The first kappa shape index (κ1) is 19.8. The van der Waals surface area contributed by atoms with E-state index in [2.05, 4.69) is 116 Å². The summed E-state index contributed by atoms with van der Waals surface area (Å²) in [5.74, 6) is 0.808. The lowest BCUT2D eigenvalue weighted by Gasteiger charge is -2.19. The third-order valence-corrected chi connectivity index (χ3v) is 9.97. The van der Waals surface area contributed by atoms with Gasteiger partial charge in [-0.3, -0.25) is 0 Å². The third-order valence-electron chi connectivity index (χ3n) is 6.65. The molecule has 0 bridgehead atoms. The van der Waals surface area contributed by atoms with E-state index in [1.165, 1.54) is 32.8 Å². The maximum Gasteiger partial charge on any atom is 0.159 e. The maximum atomic E-state index is 5.21. The molecule has 4 aromatic carbocycles. The van der Waals surface area contributed by atoms with Crippen molar-refractivity contribution in [1.82, 2.24) is 9.97 Å². The molecule has 0 saturated carbocycles. The zero-order chi connectivity index (χ0) is 22.4. The first-order chi connectivity index (χ1) is 16.1. The predicted octanol–water partition coefficient (Wildman–Crippen LogP) is 6.28. The molecule has 2 nitrogen and oxygen atoms in total. The Bertz CT molecular complexity index is 1470. The molecule has 33 heavy (non-hydrogen) atoms. The molecule has 2 heterocycles. The van der Waals surface area contributed by atoms with Gasteiger partial charge in [0.1, 0.15) is 8.07 Å². The second-order valence-electron chi connectivity index (χ2n) is 9.10. The highest BCUT2D eigenvalue weighted by molar-refractivity contribution is 7.03. The monoisotopic (exact) mass is 440 g/mol. The normalized spacial score (nSPS) is 13.4. The zero-order valence-corrected chi connectivity index (χ0v) is 19.8. The molecular weight excluding hydrogens is 416 g/mol. The molecule has 0 spiro atoms. The molecule has 3 heteroatoms. The summed E-state index contributed by atoms with van der Waals surface area (Å²) in [5.41, 5.74) is 8.14. The van der Waals surface area contributed by atoms with Crippen LogP contribution in [0.25, 0.3) is 44.9 Å². The van der Waals surface area contributed by atoms with Gasteiger partial charge >= 0.3 is 0 Å². The van der Waals surface area contributed by atoms with Crippen molar-refractivity contribution in [2.75, 3.05) is 0 Å². The van der Waals surface area contributed by atoms with Crippen molar-refractivity contribution in [2.45, 2.75) is 13.1 Å². The lowest BCUT2D eigenvalue weighted by atomic mass is 9.97. The Balaban J connectivity index is 1.64. The van der Waals surface area contributed by atoms with Crippen molar-refractivity contribution in [2.24, 2.45) is 0 Å². The fourth-order valence-corrected chi connectivity index (χ4v) is 7.86. The van der Waals surface area contributed by atoms with Gasteiger partial charge in [-0.25, -0.2) is 9.97 Å². The summed E-state index contributed by atoms with van der Waals surface area (Å²) < 4.78 is 0. The van der Waals surface area contributed by atoms with Gasteiger partial charge in [0.05, 0.1) is 5.69 Å². The lowest BCUT2D eigenvalue weighted by Crippen LogP contribution is -2.50. The molecule has 0 amide bonds. The third kappa shape index (κ3) is 3.24. The summed E-state index contributed by atoms with van der Waals surface area (Å²) in [4.78, 5) is 10.4. The first-order valence-corrected chi connectivity index (χ1v) is 14.4. The van der Waals surface area contributed by atoms with Crippen LogP contribution in [0.3, 0.4) is 0 Å². The van der Waals surface area contributed by atoms with E-state index < -0.39 is 8.07 Å². The minimum Gasteiger partial charge on any atom is -0.237 e. The molecule has 0 fully saturated rings. The predicted molar refractivity (Wildman–Crippen MR) is 141 cm³/mol. The van der Waals surface area contributed by atoms with Crippen LogP contribution in [0.2, 0.25) is 13.1 Å². The minimum absolute atomic E-state index is 0.808. The Morgan fingerprint density at radius 1 is 0.545 bits per heavy atom. The number of fused-ring (bicyclic) bond motifs is 3. The highest BCUT2D eigenvalue weighted by Crippen LogP contribution is 2.37. The van der Waals surface area contributed by atoms with E-state index in [9.17, 15) is 0 Å². The SMILES string of the molecule is C[Si]1(C)c2ccccc2-c2c(-c3cccc(-c4ccccc4)c3)nc(-c3ccccc3)nc21. The quantitative estimate of drug-likeness (QED) is 0.309. The van der Waals surface area contributed by atoms with Crippen LogP contribution in [0, 0.1) is 0 Å². The fraction of sp³-hybridized carbons (Fsp3) is 0.0667. The Labute approximate surface area is 195 Å². The van der Waals surface area contributed by atoms with E-state index in [-0.39, 0.29) is 0 Å². The van der Waals surface area contributed by atoms with Crippen LogP contribution in [0.4, 0.5) is 0 Å². The van der Waals surface area contributed by atoms with Crippen molar-refractivity contribution in [1.29, 1.82) is 0 Å². The number of nitrogens with zero attached hydrogens (tertiary/aromatic N) is 2. The average molecular weight is 441 g/mol. The highest BCUT2D eigenvalue weighted by Gasteiger charge is 2.41. The van der Waals surface area contributed by atoms with Gasteiger partial charge in [-0.2, -0.15) is 0 Å². The second kappa shape index (κ2) is 7.64. The summed E-state index contributed by atoms with van der Waals surface area (Å²) in [5, 5.41) is 2.68. The number of rotatable bonds is 3. The van der Waals surface area contributed by atoms with E-state index in [0.29, 0.717) is 0 Å². The van der Waals surface area contributed by atoms with Crippen LogP contribution in [-0.2, 0) is 0 Å². The van der Waals surface area contributed by atoms with Gasteiger partial charge in [-0.05, 0) is 27.9 Å². The van der Waals surface area contributed by atoms with Crippen molar-refractivity contribution in [3.05, 3.63) is 109 Å². The highest BCUT2D eigenvalue weighted by atomic mass is 28.3. The van der Waals surface area contributed by atoms with Crippen LogP contribution < -0.4 is 10.5 Å². The van der Waals surface area contributed by atoms with Crippen molar-refractivity contribution in [3.8, 4) is 44.9 Å². The Morgan fingerprint density at radius 3 is 1.91 bits per heavy atom. The van der Waals surface area contributed by atoms with Gasteiger partial charge in [0.2, 0.25) is 0 Å². The molecule has 0 N–H and O–H groups in total. The molecule has 5 aromatic rings. The number of hydrogen-bond acceptors (Lipinski definition) is 2. The number of benzene rings is 4. The van der Waals surface area contributed by atoms with E-state index in [1.807, 2.05) is 6.07 Å². The first-order valence-electron chi connectivity index (χ1n) is 11.4. The smallest absolute Gasteiger partial charge is 0.159 e. The van der Waals surface area contributed by atoms with Gasteiger partial charge in [0.25, 0.3) is 0 Å². The molecule has 0 unspecified atom stereocenters. The van der Waals surface area contributed by atoms with Gasteiger partial charge < -0.3 is 0 Å². The van der Waals surface area contributed by atoms with Crippen LogP contribution in [0.15, 0.2) is 109 Å². The zero-order valence-electron chi connectivity index (χ0n) is 18.8. The molecule has 0 saturated heterocycles. The summed E-state index contributed by atoms with van der Waals surface area (Å²) in [7, 11) is -1.94. The van der Waals surface area contributed by atoms with Gasteiger partial charge in [-0.15, -0.1) is 0 Å². The van der Waals surface area contributed by atoms with Crippen molar-refractivity contribution < 1.29 is 0 Å². The van der Waals surface area contributed by atoms with E-state index in [0.717, 1.165) is 22.6 Å². The topological polar surface area (TPSA) is 25.8 Å².